The second kappa shape index (κ2) is 12.9. The number of piperazine rings is 2. The maximum atomic E-state index is 12.6. The van der Waals surface area contributed by atoms with Crippen molar-refractivity contribution in [3.8, 4) is 0 Å². The summed E-state index contributed by atoms with van der Waals surface area (Å²) in [6.07, 6.45) is 0.393. The maximum absolute atomic E-state index is 12.6. The van der Waals surface area contributed by atoms with E-state index in [1.54, 1.807) is 9.80 Å². The first-order chi connectivity index (χ1) is 16.8. The summed E-state index contributed by atoms with van der Waals surface area (Å²) in [6.45, 7) is 10.0. The SMILES string of the molecule is CC(C)CC(=O)OCN1C(=O)CN(C(C)C(C)N2CC(=O)N(COC(=O)CC(C)C)C(=O)C2)CC1=O. The molecule has 0 bridgehead atoms. The fourth-order valence-corrected chi connectivity index (χ4v) is 3.96. The van der Waals surface area contributed by atoms with Crippen LogP contribution in [0.4, 0.5) is 0 Å². The van der Waals surface area contributed by atoms with E-state index in [-0.39, 0.29) is 62.9 Å². The molecule has 2 fully saturated rings. The van der Waals surface area contributed by atoms with Gasteiger partial charge in [0.2, 0.25) is 23.6 Å². The van der Waals surface area contributed by atoms with Crippen molar-refractivity contribution in [3.63, 3.8) is 0 Å². The Morgan fingerprint density at radius 2 is 0.889 bits per heavy atom. The van der Waals surface area contributed by atoms with Crippen molar-refractivity contribution in [2.75, 3.05) is 39.6 Å². The Balaban J connectivity index is 1.90. The zero-order valence-electron chi connectivity index (χ0n) is 22.0. The summed E-state index contributed by atoms with van der Waals surface area (Å²) in [7, 11) is 0. The van der Waals surface area contributed by atoms with E-state index in [9.17, 15) is 28.8 Å². The molecule has 0 radical (unpaired) electrons. The molecule has 36 heavy (non-hydrogen) atoms. The third-order valence-corrected chi connectivity index (χ3v) is 6.27. The van der Waals surface area contributed by atoms with Gasteiger partial charge in [-0.05, 0) is 25.7 Å². The van der Waals surface area contributed by atoms with Crippen LogP contribution < -0.4 is 0 Å². The molecule has 2 unspecified atom stereocenters. The van der Waals surface area contributed by atoms with Gasteiger partial charge in [0.15, 0.2) is 13.5 Å². The Hall–Kier alpha value is -2.86. The Bertz CT molecular complexity index is 768. The van der Waals surface area contributed by atoms with Gasteiger partial charge in [-0.25, -0.2) is 9.80 Å². The molecule has 0 spiro atoms. The Morgan fingerprint density at radius 1 is 0.611 bits per heavy atom. The van der Waals surface area contributed by atoms with E-state index in [4.69, 9.17) is 9.47 Å². The van der Waals surface area contributed by atoms with E-state index in [1.807, 2.05) is 41.5 Å². The zero-order valence-corrected chi connectivity index (χ0v) is 22.0. The van der Waals surface area contributed by atoms with Crippen LogP contribution in [-0.4, -0.2) is 107 Å². The molecule has 2 atom stereocenters. The highest BCUT2D eigenvalue weighted by Crippen LogP contribution is 2.18. The molecule has 12 heteroatoms. The second-order valence-electron chi connectivity index (χ2n) is 10.2. The topological polar surface area (TPSA) is 134 Å². The molecule has 0 aromatic carbocycles. The fourth-order valence-electron chi connectivity index (χ4n) is 3.96. The number of ether oxygens (including phenoxy) is 2. The summed E-state index contributed by atoms with van der Waals surface area (Å²) >= 11 is 0. The predicted octanol–water partition coefficient (Wildman–Crippen LogP) is 0.199. The van der Waals surface area contributed by atoms with Crippen LogP contribution in [0.1, 0.15) is 54.4 Å². The van der Waals surface area contributed by atoms with Crippen LogP contribution in [-0.2, 0) is 38.2 Å². The van der Waals surface area contributed by atoms with Crippen molar-refractivity contribution in [1.82, 2.24) is 19.6 Å². The number of imide groups is 2. The molecule has 2 heterocycles. The zero-order chi connectivity index (χ0) is 27.2. The van der Waals surface area contributed by atoms with E-state index in [1.165, 1.54) is 0 Å². The van der Waals surface area contributed by atoms with Crippen molar-refractivity contribution in [3.05, 3.63) is 0 Å². The molecule has 4 amide bonds. The third-order valence-electron chi connectivity index (χ3n) is 6.27. The molecule has 0 aromatic heterocycles. The smallest absolute Gasteiger partial charge is 0.307 e. The van der Waals surface area contributed by atoms with Gasteiger partial charge in [0.05, 0.1) is 26.2 Å². The average molecular weight is 511 g/mol. The molecule has 2 aliphatic heterocycles. The first-order valence-electron chi connectivity index (χ1n) is 12.3. The molecule has 0 aliphatic carbocycles. The van der Waals surface area contributed by atoms with Crippen LogP contribution in [0.25, 0.3) is 0 Å². The van der Waals surface area contributed by atoms with Gasteiger partial charge in [-0.3, -0.25) is 38.6 Å². The lowest BCUT2D eigenvalue weighted by Gasteiger charge is -2.43. The van der Waals surface area contributed by atoms with Gasteiger partial charge >= 0.3 is 11.9 Å². The van der Waals surface area contributed by atoms with Crippen LogP contribution in [0, 0.1) is 11.8 Å². The molecule has 2 rings (SSSR count). The lowest BCUT2D eigenvalue weighted by molar-refractivity contribution is -0.169. The number of hydrogen-bond acceptors (Lipinski definition) is 10. The minimum absolute atomic E-state index is 0.0629. The number of carbonyl (C=O) groups is 6. The number of amides is 4. The van der Waals surface area contributed by atoms with E-state index in [2.05, 4.69) is 0 Å². The van der Waals surface area contributed by atoms with Crippen LogP contribution in [0.2, 0.25) is 0 Å². The van der Waals surface area contributed by atoms with E-state index < -0.39 is 49.0 Å². The minimum atomic E-state index is -0.483. The summed E-state index contributed by atoms with van der Waals surface area (Å²) in [5.74, 6) is -2.68. The summed E-state index contributed by atoms with van der Waals surface area (Å²) in [6, 6.07) is -0.667. The first-order valence-corrected chi connectivity index (χ1v) is 12.3. The largest absolute Gasteiger partial charge is 0.444 e. The van der Waals surface area contributed by atoms with Gasteiger partial charge in [-0.1, -0.05) is 27.7 Å². The molecular weight excluding hydrogens is 472 g/mol. The molecule has 202 valence electrons. The summed E-state index contributed by atoms with van der Waals surface area (Å²) < 4.78 is 10.1. The molecule has 2 aliphatic rings. The van der Waals surface area contributed by atoms with Crippen molar-refractivity contribution in [2.24, 2.45) is 11.8 Å². The number of esters is 2. The van der Waals surface area contributed by atoms with Crippen molar-refractivity contribution >= 4 is 35.6 Å². The monoisotopic (exact) mass is 510 g/mol. The van der Waals surface area contributed by atoms with Crippen molar-refractivity contribution in [1.29, 1.82) is 0 Å². The lowest BCUT2D eigenvalue weighted by atomic mass is 10.1. The molecule has 0 aromatic rings. The molecule has 0 saturated carbocycles. The normalized spacial score (nSPS) is 19.8. The van der Waals surface area contributed by atoms with Crippen LogP contribution >= 0.6 is 0 Å². The number of rotatable bonds is 11. The average Bonchev–Trinajstić information content (AvgIpc) is 2.75. The quantitative estimate of drug-likeness (QED) is 0.280. The first kappa shape index (κ1) is 29.4. The minimum Gasteiger partial charge on any atom is -0.444 e. The molecule has 2 saturated heterocycles. The van der Waals surface area contributed by atoms with Gasteiger partial charge in [0.1, 0.15) is 0 Å². The lowest BCUT2D eigenvalue weighted by Crippen LogP contribution is -2.63. The second-order valence-corrected chi connectivity index (χ2v) is 10.2. The maximum Gasteiger partial charge on any atom is 0.307 e. The van der Waals surface area contributed by atoms with E-state index in [0.29, 0.717) is 0 Å². The van der Waals surface area contributed by atoms with Crippen LogP contribution in [0.5, 0.6) is 0 Å². The predicted molar refractivity (Wildman–Crippen MR) is 127 cm³/mol. The number of carbonyl (C=O) groups excluding carboxylic acids is 6. The Labute approximate surface area is 211 Å². The summed E-state index contributed by atoms with van der Waals surface area (Å²) in [5.41, 5.74) is 0. The summed E-state index contributed by atoms with van der Waals surface area (Å²) in [4.78, 5) is 79.1. The summed E-state index contributed by atoms with van der Waals surface area (Å²) in [5, 5.41) is 0. The van der Waals surface area contributed by atoms with Gasteiger partial charge in [-0.15, -0.1) is 0 Å². The highest BCUT2D eigenvalue weighted by atomic mass is 16.6. The Kier molecular flexibility index (Phi) is 10.5. The van der Waals surface area contributed by atoms with Crippen LogP contribution in [0.3, 0.4) is 0 Å². The van der Waals surface area contributed by atoms with Gasteiger partial charge < -0.3 is 9.47 Å². The fraction of sp³-hybridized carbons (Fsp3) is 0.750. The molecule has 12 nitrogen and oxygen atoms in total. The van der Waals surface area contributed by atoms with Crippen LogP contribution in [0.15, 0.2) is 0 Å². The van der Waals surface area contributed by atoms with Gasteiger partial charge in [-0.2, -0.15) is 0 Å². The van der Waals surface area contributed by atoms with E-state index >= 15 is 0 Å². The molecular formula is C24H38N4O8. The highest BCUT2D eigenvalue weighted by molar-refractivity contribution is 6.00. The number of hydrogen-bond donors (Lipinski definition) is 0. The van der Waals surface area contributed by atoms with Gasteiger partial charge in [0.25, 0.3) is 0 Å². The van der Waals surface area contributed by atoms with Crippen molar-refractivity contribution < 1.29 is 38.2 Å². The number of nitrogens with zero attached hydrogens (tertiary/aromatic N) is 4. The third kappa shape index (κ3) is 8.09. The van der Waals surface area contributed by atoms with Gasteiger partial charge in [0, 0.05) is 24.9 Å². The standard InChI is InChI=1S/C24H38N4O8/c1-15(2)7-23(33)35-13-27-19(29)9-25(10-20(27)30)17(5)18(6)26-11-21(31)28(22(32)12-26)14-36-24(34)8-16(3)4/h15-18H,7-14H2,1-6H3. The highest BCUT2D eigenvalue weighted by Gasteiger charge is 2.40. The van der Waals surface area contributed by atoms with E-state index in [0.717, 1.165) is 9.80 Å². The molecule has 0 N–H and O–H groups in total. The Morgan fingerprint density at radius 3 is 1.14 bits per heavy atom. The van der Waals surface area contributed by atoms with Crippen molar-refractivity contribution in [2.45, 2.75) is 66.5 Å².